The molecule has 0 atom stereocenters. The molecule has 0 aliphatic heterocycles. The van der Waals surface area contributed by atoms with Gasteiger partial charge >= 0.3 is 5.97 Å². The van der Waals surface area contributed by atoms with E-state index in [0.29, 0.717) is 23.3 Å². The fourth-order valence-electron chi connectivity index (χ4n) is 2.34. The van der Waals surface area contributed by atoms with Gasteiger partial charge in [-0.05, 0) is 30.5 Å². The Bertz CT molecular complexity index is 906. The molecule has 9 nitrogen and oxygen atoms in total. The van der Waals surface area contributed by atoms with Crippen LogP contribution in [0.1, 0.15) is 32.3 Å². The van der Waals surface area contributed by atoms with Gasteiger partial charge in [-0.25, -0.2) is 4.79 Å². The Morgan fingerprint density at radius 2 is 1.74 bits per heavy atom. The third-order valence-corrected chi connectivity index (χ3v) is 3.74. The molecule has 0 fully saturated rings. The lowest BCUT2D eigenvalue weighted by Crippen LogP contribution is -2.02. The molecule has 0 radical (unpaired) electrons. The summed E-state index contributed by atoms with van der Waals surface area (Å²) in [4.78, 5) is 36.9. The monoisotopic (exact) mass is 371 g/mol. The molecular formula is C18H17N3O6. The van der Waals surface area contributed by atoms with Crippen molar-refractivity contribution in [3.05, 3.63) is 68.3 Å². The smallest absolute Gasteiger partial charge is 0.318 e. The van der Waals surface area contributed by atoms with Crippen LogP contribution in [-0.4, -0.2) is 21.5 Å². The minimum atomic E-state index is -0.681. The van der Waals surface area contributed by atoms with Crippen molar-refractivity contribution >= 4 is 23.1 Å². The molecule has 0 N–H and O–H groups in total. The lowest BCUT2D eigenvalue weighted by atomic mass is 10.0. The van der Waals surface area contributed by atoms with Crippen LogP contribution in [0.25, 0.3) is 11.1 Å². The summed E-state index contributed by atoms with van der Waals surface area (Å²) in [5.74, 6) is -0.421. The Morgan fingerprint density at radius 3 is 2.30 bits per heavy atom. The summed E-state index contributed by atoms with van der Waals surface area (Å²) in [6.45, 7) is 3.52. The molecule has 0 saturated carbocycles. The maximum atomic E-state index is 11.4. The summed E-state index contributed by atoms with van der Waals surface area (Å²) in [7, 11) is 0. The van der Waals surface area contributed by atoms with E-state index in [-0.39, 0.29) is 23.4 Å². The quantitative estimate of drug-likeness (QED) is 0.310. The largest absolute Gasteiger partial charge is 0.335 e. The zero-order chi connectivity index (χ0) is 20.0. The highest BCUT2D eigenvalue weighted by Gasteiger charge is 2.20. The number of hydrogen-bond acceptors (Lipinski definition) is 7. The second-order valence-electron chi connectivity index (χ2n) is 5.68. The number of carbonyl (C=O) groups is 1. The Hall–Kier alpha value is -3.62. The third kappa shape index (κ3) is 4.94. The number of benzene rings is 2. The van der Waals surface area contributed by atoms with Gasteiger partial charge in [0.25, 0.3) is 11.4 Å². The molecule has 0 aliphatic carbocycles. The maximum absolute atomic E-state index is 11.4. The number of hydrogen-bond donors (Lipinski definition) is 0. The van der Waals surface area contributed by atoms with E-state index in [1.54, 1.807) is 31.2 Å². The molecule has 0 saturated heterocycles. The van der Waals surface area contributed by atoms with Gasteiger partial charge in [-0.15, -0.1) is 0 Å². The summed E-state index contributed by atoms with van der Waals surface area (Å²) in [6, 6.07) is 10.1. The first-order valence-electron chi connectivity index (χ1n) is 8.11. The average molecular weight is 371 g/mol. The van der Waals surface area contributed by atoms with E-state index >= 15 is 0 Å². The van der Waals surface area contributed by atoms with E-state index in [9.17, 15) is 25.0 Å². The third-order valence-electron chi connectivity index (χ3n) is 3.74. The zero-order valence-electron chi connectivity index (χ0n) is 14.7. The topological polar surface area (TPSA) is 125 Å². The van der Waals surface area contributed by atoms with Gasteiger partial charge in [-0.2, -0.15) is 0 Å². The predicted octanol–water partition coefficient (Wildman–Crippen LogP) is 4.24. The molecule has 9 heteroatoms. The number of carbonyl (C=O) groups excluding carboxylic acids is 1. The molecule has 0 spiro atoms. The van der Waals surface area contributed by atoms with Crippen LogP contribution >= 0.6 is 0 Å². The van der Waals surface area contributed by atoms with Crippen molar-refractivity contribution in [1.82, 2.24) is 0 Å². The van der Waals surface area contributed by atoms with Crippen LogP contribution in [0.3, 0.4) is 0 Å². The molecule has 2 rings (SSSR count). The van der Waals surface area contributed by atoms with Crippen LogP contribution in [-0.2, 0) is 9.63 Å². The molecule has 0 heterocycles. The highest BCUT2D eigenvalue weighted by atomic mass is 16.7. The van der Waals surface area contributed by atoms with E-state index in [2.05, 4.69) is 5.16 Å². The van der Waals surface area contributed by atoms with Gasteiger partial charge in [0.1, 0.15) is 0 Å². The van der Waals surface area contributed by atoms with Gasteiger partial charge in [0, 0.05) is 12.5 Å². The molecule has 27 heavy (non-hydrogen) atoms. The van der Waals surface area contributed by atoms with Crippen LogP contribution in [0.5, 0.6) is 0 Å². The Balaban J connectivity index is 2.29. The summed E-state index contributed by atoms with van der Waals surface area (Å²) in [5.41, 5.74) is 1.24. The summed E-state index contributed by atoms with van der Waals surface area (Å²) < 4.78 is 0. The van der Waals surface area contributed by atoms with Crippen LogP contribution in [0, 0.1) is 20.2 Å². The molecular weight excluding hydrogens is 354 g/mol. The Labute approximate surface area is 154 Å². The van der Waals surface area contributed by atoms with Crippen molar-refractivity contribution in [1.29, 1.82) is 0 Å². The molecule has 0 aliphatic rings. The fraction of sp³-hybridized carbons (Fsp3) is 0.222. The molecule has 0 bridgehead atoms. The van der Waals surface area contributed by atoms with Crippen LogP contribution in [0.4, 0.5) is 11.4 Å². The zero-order valence-corrected chi connectivity index (χ0v) is 14.7. The summed E-state index contributed by atoms with van der Waals surface area (Å²) >= 11 is 0. The minimum absolute atomic E-state index is 0.265. The van der Waals surface area contributed by atoms with Crippen molar-refractivity contribution in [2.45, 2.75) is 26.7 Å². The lowest BCUT2D eigenvalue weighted by molar-refractivity contribution is -0.393. The molecule has 0 amide bonds. The van der Waals surface area contributed by atoms with Gasteiger partial charge < -0.3 is 4.84 Å². The number of nitro benzene ring substituents is 2. The average Bonchev–Trinajstić information content (AvgIpc) is 2.66. The summed E-state index contributed by atoms with van der Waals surface area (Å²) in [6.07, 6.45) is 0.940. The molecule has 0 aromatic heterocycles. The molecule has 0 unspecified atom stereocenters. The first kappa shape index (κ1) is 19.7. The highest BCUT2D eigenvalue weighted by molar-refractivity contribution is 5.99. The fourth-order valence-corrected chi connectivity index (χ4v) is 2.34. The number of rotatable bonds is 7. The van der Waals surface area contributed by atoms with Crippen molar-refractivity contribution < 1.29 is 19.5 Å². The van der Waals surface area contributed by atoms with E-state index in [4.69, 9.17) is 4.84 Å². The minimum Gasteiger partial charge on any atom is -0.318 e. The van der Waals surface area contributed by atoms with Crippen LogP contribution in [0.2, 0.25) is 0 Å². The van der Waals surface area contributed by atoms with Crippen molar-refractivity contribution in [2.75, 3.05) is 0 Å². The van der Waals surface area contributed by atoms with Gasteiger partial charge in [0.05, 0.1) is 27.2 Å². The van der Waals surface area contributed by atoms with Crippen molar-refractivity contribution in [3.8, 4) is 11.1 Å². The van der Waals surface area contributed by atoms with E-state index in [1.807, 2.05) is 6.92 Å². The van der Waals surface area contributed by atoms with Crippen LogP contribution in [0.15, 0.2) is 47.6 Å². The summed E-state index contributed by atoms with van der Waals surface area (Å²) in [5, 5.41) is 25.9. The molecule has 2 aromatic carbocycles. The first-order valence-corrected chi connectivity index (χ1v) is 8.11. The molecule has 140 valence electrons. The highest BCUT2D eigenvalue weighted by Crippen LogP contribution is 2.33. The van der Waals surface area contributed by atoms with Gasteiger partial charge in [0.2, 0.25) is 0 Å². The predicted molar refractivity (Wildman–Crippen MR) is 98.4 cm³/mol. The maximum Gasteiger partial charge on any atom is 0.335 e. The van der Waals surface area contributed by atoms with E-state index < -0.39 is 15.8 Å². The van der Waals surface area contributed by atoms with Crippen molar-refractivity contribution in [3.63, 3.8) is 0 Å². The first-order chi connectivity index (χ1) is 12.8. The number of non-ortho nitro benzene ring substituents is 1. The second kappa shape index (κ2) is 8.65. The van der Waals surface area contributed by atoms with Crippen molar-refractivity contribution in [2.24, 2.45) is 5.16 Å². The Kier molecular flexibility index (Phi) is 6.32. The van der Waals surface area contributed by atoms with Gasteiger partial charge in [0.15, 0.2) is 0 Å². The second-order valence-corrected chi connectivity index (χ2v) is 5.68. The van der Waals surface area contributed by atoms with Crippen LogP contribution < -0.4 is 0 Å². The number of nitro groups is 2. The standard InChI is InChI=1S/C18H17N3O6/c1-3-4-18(22)27-19-12(2)13-5-7-14(8-6-13)16-10-9-15(20(23)24)11-17(16)21(25)26/h5-11H,3-4H2,1-2H3/b19-12+. The normalized spacial score (nSPS) is 11.1. The van der Waals surface area contributed by atoms with E-state index in [1.165, 1.54) is 12.1 Å². The number of oxime groups is 1. The lowest BCUT2D eigenvalue weighted by Gasteiger charge is -2.05. The van der Waals surface area contributed by atoms with E-state index in [0.717, 1.165) is 6.07 Å². The molecule has 2 aromatic rings. The number of nitrogens with zero attached hydrogens (tertiary/aromatic N) is 3. The Morgan fingerprint density at radius 1 is 1.07 bits per heavy atom. The van der Waals surface area contributed by atoms with Gasteiger partial charge in [-0.1, -0.05) is 36.3 Å². The van der Waals surface area contributed by atoms with Gasteiger partial charge in [-0.3, -0.25) is 20.2 Å². The SMILES string of the molecule is CCCC(=O)O/N=C(\C)c1ccc(-c2ccc([N+](=O)[O-])cc2[N+](=O)[O-])cc1.